The maximum absolute atomic E-state index is 12.2. The summed E-state index contributed by atoms with van der Waals surface area (Å²) in [7, 11) is 0. The molecule has 6 heteroatoms. The van der Waals surface area contributed by atoms with Gasteiger partial charge in [0, 0.05) is 28.1 Å². The number of hydrogen-bond acceptors (Lipinski definition) is 4. The Balaban J connectivity index is 2.10. The van der Waals surface area contributed by atoms with Gasteiger partial charge in [-0.25, -0.2) is 4.98 Å². The molecule has 1 aromatic heterocycles. The summed E-state index contributed by atoms with van der Waals surface area (Å²) in [4.78, 5) is 4.39. The topological polar surface area (TPSA) is 57.2 Å². The van der Waals surface area contributed by atoms with Crippen LogP contribution >= 0.6 is 11.6 Å². The van der Waals surface area contributed by atoms with Gasteiger partial charge in [-0.2, -0.15) is 0 Å². The van der Waals surface area contributed by atoms with E-state index in [9.17, 15) is 4.55 Å². The van der Waals surface area contributed by atoms with E-state index in [4.69, 9.17) is 16.3 Å². The van der Waals surface area contributed by atoms with Crippen molar-refractivity contribution in [2.75, 3.05) is 0 Å². The van der Waals surface area contributed by atoms with E-state index in [1.807, 2.05) is 40.7 Å². The third-order valence-corrected chi connectivity index (χ3v) is 5.35. The van der Waals surface area contributed by atoms with Gasteiger partial charge in [-0.15, -0.1) is 4.72 Å². The van der Waals surface area contributed by atoms with Crippen molar-refractivity contribution >= 4 is 23.0 Å². The van der Waals surface area contributed by atoms with Gasteiger partial charge in [-0.1, -0.05) is 11.6 Å². The van der Waals surface area contributed by atoms with E-state index < -0.39 is 11.4 Å². The first-order valence-corrected chi connectivity index (χ1v) is 9.27. The smallest absolute Gasteiger partial charge is 0.222 e. The first kappa shape index (κ1) is 19.1. The van der Waals surface area contributed by atoms with Crippen LogP contribution in [0.25, 0.3) is 0 Å². The van der Waals surface area contributed by atoms with Gasteiger partial charge in [0.05, 0.1) is 6.04 Å². The Labute approximate surface area is 151 Å². The highest BCUT2D eigenvalue weighted by atomic mass is 35.5. The highest BCUT2D eigenvalue weighted by Gasteiger charge is 2.28. The van der Waals surface area contributed by atoms with Crippen LogP contribution in [0.2, 0.25) is 5.02 Å². The number of nitrogens with zero attached hydrogens (tertiary/aromatic N) is 1. The molecule has 0 aliphatic rings. The van der Waals surface area contributed by atoms with Crippen LogP contribution in [0.4, 0.5) is 0 Å². The van der Waals surface area contributed by atoms with Crippen molar-refractivity contribution in [3.8, 4) is 11.6 Å². The number of rotatable bonds is 5. The number of aryl methyl sites for hydroxylation is 1. The van der Waals surface area contributed by atoms with Crippen molar-refractivity contribution < 1.29 is 9.29 Å². The third kappa shape index (κ3) is 5.11. The molecular weight excluding hydrogens is 344 g/mol. The summed E-state index contributed by atoms with van der Waals surface area (Å²) in [6, 6.07) is 9.07. The maximum Gasteiger partial charge on any atom is 0.222 e. The van der Waals surface area contributed by atoms with Gasteiger partial charge in [-0.3, -0.25) is 0 Å². The molecule has 1 aromatic carbocycles. The van der Waals surface area contributed by atoms with Gasteiger partial charge >= 0.3 is 0 Å². The van der Waals surface area contributed by atoms with Crippen LogP contribution in [0.1, 0.15) is 44.9 Å². The maximum atomic E-state index is 12.2. The Morgan fingerprint density at radius 2 is 1.88 bits per heavy atom. The molecule has 0 aliphatic heterocycles. The lowest BCUT2D eigenvalue weighted by Crippen LogP contribution is -2.40. The number of nitrogens with one attached hydrogen (secondary N) is 1. The average Bonchev–Trinajstić information content (AvgIpc) is 2.50. The van der Waals surface area contributed by atoms with Crippen LogP contribution in [-0.2, 0) is 11.4 Å². The Morgan fingerprint density at radius 3 is 2.42 bits per heavy atom. The summed E-state index contributed by atoms with van der Waals surface area (Å²) in [6.45, 7) is 9.73. The molecule has 1 heterocycles. The van der Waals surface area contributed by atoms with Crippen molar-refractivity contribution in [3.63, 3.8) is 0 Å². The van der Waals surface area contributed by atoms with Crippen molar-refractivity contribution in [1.82, 2.24) is 9.71 Å². The molecule has 0 radical (unpaired) electrons. The molecule has 4 nitrogen and oxygen atoms in total. The van der Waals surface area contributed by atoms with E-state index in [1.54, 1.807) is 30.5 Å². The minimum Gasteiger partial charge on any atom is -0.598 e. The van der Waals surface area contributed by atoms with Crippen molar-refractivity contribution in [2.24, 2.45) is 0 Å². The summed E-state index contributed by atoms with van der Waals surface area (Å²) in [5, 5.41) is 0.661. The SMILES string of the molecule is Cc1cc(C(C)N[S+]([O-])C(C)(C)C)cnc1Oc1ccc(Cl)cc1. The Morgan fingerprint density at radius 1 is 1.25 bits per heavy atom. The molecule has 0 aliphatic carbocycles. The molecule has 2 unspecified atom stereocenters. The quantitative estimate of drug-likeness (QED) is 0.760. The van der Waals surface area contributed by atoms with Crippen LogP contribution in [-0.4, -0.2) is 14.3 Å². The standard InChI is InChI=1S/C18H23ClN2O2S/c1-12-10-14(13(2)21-24(22)18(3,4)5)11-20-17(12)23-16-8-6-15(19)7-9-16/h6-11,13,21H,1-5H3. The minimum absolute atomic E-state index is 0.0687. The third-order valence-electron chi connectivity index (χ3n) is 3.42. The van der Waals surface area contributed by atoms with Gasteiger partial charge in [-0.05, 0) is 70.5 Å². The Kier molecular flexibility index (Phi) is 6.15. The molecule has 0 bridgehead atoms. The van der Waals surface area contributed by atoms with Crippen molar-refractivity contribution in [2.45, 2.75) is 45.4 Å². The number of benzene rings is 1. The molecule has 2 rings (SSSR count). The first-order valence-electron chi connectivity index (χ1n) is 7.75. The van der Waals surface area contributed by atoms with E-state index >= 15 is 0 Å². The second-order valence-corrected chi connectivity index (χ2v) is 9.10. The van der Waals surface area contributed by atoms with Gasteiger partial charge in [0.25, 0.3) is 0 Å². The number of pyridine rings is 1. The lowest BCUT2D eigenvalue weighted by molar-refractivity contribution is 0.458. The average molecular weight is 367 g/mol. The summed E-state index contributed by atoms with van der Waals surface area (Å²) >= 11 is 4.74. The molecule has 2 aromatic rings. The summed E-state index contributed by atoms with van der Waals surface area (Å²) in [5.74, 6) is 1.23. The fourth-order valence-electron chi connectivity index (χ4n) is 1.95. The number of aromatic nitrogens is 1. The predicted octanol–water partition coefficient (Wildman–Crippen LogP) is 4.95. The van der Waals surface area contributed by atoms with E-state index in [-0.39, 0.29) is 10.8 Å². The fraction of sp³-hybridized carbons (Fsp3) is 0.389. The highest BCUT2D eigenvalue weighted by molar-refractivity contribution is 7.90. The highest BCUT2D eigenvalue weighted by Crippen LogP contribution is 2.27. The second-order valence-electron chi connectivity index (χ2n) is 6.67. The van der Waals surface area contributed by atoms with Crippen LogP contribution in [0.15, 0.2) is 36.5 Å². The molecule has 1 N–H and O–H groups in total. The zero-order valence-electron chi connectivity index (χ0n) is 14.6. The fourth-order valence-corrected chi connectivity index (χ4v) is 2.88. The molecule has 0 amide bonds. The lowest BCUT2D eigenvalue weighted by Gasteiger charge is -2.26. The Bertz CT molecular complexity index is 686. The van der Waals surface area contributed by atoms with Crippen LogP contribution in [0.5, 0.6) is 11.6 Å². The minimum atomic E-state index is -1.14. The Hall–Kier alpha value is -1.27. The largest absolute Gasteiger partial charge is 0.598 e. The zero-order chi connectivity index (χ0) is 17.9. The molecular formula is C18H23ClN2O2S. The van der Waals surface area contributed by atoms with Crippen LogP contribution in [0, 0.1) is 6.92 Å². The van der Waals surface area contributed by atoms with Crippen molar-refractivity contribution in [3.05, 3.63) is 52.7 Å². The lowest BCUT2D eigenvalue weighted by atomic mass is 10.1. The van der Waals surface area contributed by atoms with Gasteiger partial charge < -0.3 is 9.29 Å². The van der Waals surface area contributed by atoms with E-state index in [1.165, 1.54) is 0 Å². The predicted molar refractivity (Wildman–Crippen MR) is 99.9 cm³/mol. The summed E-state index contributed by atoms with van der Waals surface area (Å²) in [5.41, 5.74) is 1.88. The van der Waals surface area contributed by atoms with Crippen molar-refractivity contribution in [1.29, 1.82) is 0 Å². The number of hydrogen-bond donors (Lipinski definition) is 1. The van der Waals surface area contributed by atoms with E-state index in [0.29, 0.717) is 16.7 Å². The zero-order valence-corrected chi connectivity index (χ0v) is 16.2. The van der Waals surface area contributed by atoms with Gasteiger partial charge in [0.15, 0.2) is 0 Å². The van der Waals surface area contributed by atoms with Crippen LogP contribution < -0.4 is 9.46 Å². The molecule has 0 fully saturated rings. The monoisotopic (exact) mass is 366 g/mol. The van der Waals surface area contributed by atoms with E-state index in [2.05, 4.69) is 9.71 Å². The molecule has 24 heavy (non-hydrogen) atoms. The number of halogens is 1. The van der Waals surface area contributed by atoms with Gasteiger partial charge in [0.1, 0.15) is 10.5 Å². The van der Waals surface area contributed by atoms with Crippen LogP contribution in [0.3, 0.4) is 0 Å². The molecule has 130 valence electrons. The molecule has 2 atom stereocenters. The first-order chi connectivity index (χ1) is 11.2. The molecule has 0 saturated heterocycles. The molecule has 0 spiro atoms. The second kappa shape index (κ2) is 7.74. The summed E-state index contributed by atoms with van der Waals surface area (Å²) < 4.78 is 20.8. The summed E-state index contributed by atoms with van der Waals surface area (Å²) in [6.07, 6.45) is 1.75. The van der Waals surface area contributed by atoms with Gasteiger partial charge in [0.2, 0.25) is 5.88 Å². The normalized spacial score (nSPS) is 14.3. The van der Waals surface area contributed by atoms with E-state index in [0.717, 1.165) is 11.1 Å². The number of ether oxygens (including phenoxy) is 1. The molecule has 0 saturated carbocycles.